The van der Waals surface area contributed by atoms with Gasteiger partial charge >= 0.3 is 5.97 Å². The van der Waals surface area contributed by atoms with Crippen LogP contribution in [-0.2, 0) is 16.1 Å². The van der Waals surface area contributed by atoms with Crippen LogP contribution in [0.3, 0.4) is 0 Å². The summed E-state index contributed by atoms with van der Waals surface area (Å²) in [6.07, 6.45) is 4.59. The number of benzene rings is 1. The van der Waals surface area contributed by atoms with Gasteiger partial charge in [0.2, 0.25) is 5.91 Å². The van der Waals surface area contributed by atoms with E-state index in [1.165, 1.54) is 0 Å². The standard InChI is InChI=1S/C16H20N2O3/c1-17-10-11-6-2-5-9-14(11)18-15(19)12-7-3-4-8-13(12)16(20)21/h2-6,9,12-13,17H,7-8,10H2,1H3,(H,18,19)(H,20,21)/t12-,13+/m1/s1. The molecule has 112 valence electrons. The van der Waals surface area contributed by atoms with Gasteiger partial charge in [-0.3, -0.25) is 9.59 Å². The lowest BCUT2D eigenvalue weighted by molar-refractivity contribution is -0.146. The molecule has 0 saturated carbocycles. The first kappa shape index (κ1) is 15.3. The van der Waals surface area contributed by atoms with Gasteiger partial charge in [0, 0.05) is 12.2 Å². The summed E-state index contributed by atoms with van der Waals surface area (Å²) in [5.74, 6) is -2.31. The minimum Gasteiger partial charge on any atom is -0.481 e. The summed E-state index contributed by atoms with van der Waals surface area (Å²) >= 11 is 0. The van der Waals surface area contributed by atoms with Crippen molar-refractivity contribution in [1.29, 1.82) is 0 Å². The van der Waals surface area contributed by atoms with Crippen molar-refractivity contribution >= 4 is 17.6 Å². The zero-order valence-corrected chi connectivity index (χ0v) is 12.0. The number of para-hydroxylation sites is 1. The van der Waals surface area contributed by atoms with Gasteiger partial charge in [0.25, 0.3) is 0 Å². The summed E-state index contributed by atoms with van der Waals surface area (Å²) in [5, 5.41) is 15.2. The molecule has 1 aromatic carbocycles. The van der Waals surface area contributed by atoms with Crippen LogP contribution in [0.15, 0.2) is 36.4 Å². The molecule has 5 heteroatoms. The summed E-state index contributed by atoms with van der Waals surface area (Å²) in [5.41, 5.74) is 1.71. The van der Waals surface area contributed by atoms with Gasteiger partial charge in [0.1, 0.15) is 0 Å². The van der Waals surface area contributed by atoms with Gasteiger partial charge in [-0.2, -0.15) is 0 Å². The molecule has 0 spiro atoms. The van der Waals surface area contributed by atoms with Crippen LogP contribution in [0.5, 0.6) is 0 Å². The second kappa shape index (κ2) is 7.04. The maximum absolute atomic E-state index is 12.4. The normalized spacial score (nSPS) is 21.0. The van der Waals surface area contributed by atoms with Crippen LogP contribution in [0.2, 0.25) is 0 Å². The van der Waals surface area contributed by atoms with Gasteiger partial charge in [-0.1, -0.05) is 30.4 Å². The van der Waals surface area contributed by atoms with Crippen molar-refractivity contribution in [2.24, 2.45) is 11.8 Å². The third-order valence-electron chi connectivity index (χ3n) is 3.73. The number of carbonyl (C=O) groups excluding carboxylic acids is 1. The third kappa shape index (κ3) is 3.70. The molecule has 2 atom stereocenters. The third-order valence-corrected chi connectivity index (χ3v) is 3.73. The minimum atomic E-state index is -0.914. The number of rotatable bonds is 5. The Hall–Kier alpha value is -2.14. The summed E-state index contributed by atoms with van der Waals surface area (Å²) in [4.78, 5) is 23.7. The Morgan fingerprint density at radius 2 is 1.86 bits per heavy atom. The van der Waals surface area contributed by atoms with Crippen LogP contribution in [-0.4, -0.2) is 24.0 Å². The van der Waals surface area contributed by atoms with Crippen molar-refractivity contribution in [1.82, 2.24) is 5.32 Å². The molecule has 0 saturated heterocycles. The fourth-order valence-corrected chi connectivity index (χ4v) is 2.59. The molecule has 0 heterocycles. The van der Waals surface area contributed by atoms with E-state index < -0.39 is 17.8 Å². The van der Waals surface area contributed by atoms with Crippen molar-refractivity contribution in [3.05, 3.63) is 42.0 Å². The molecule has 5 nitrogen and oxygen atoms in total. The van der Waals surface area contributed by atoms with Crippen molar-refractivity contribution in [2.45, 2.75) is 19.4 Å². The molecular weight excluding hydrogens is 268 g/mol. The van der Waals surface area contributed by atoms with E-state index in [4.69, 9.17) is 0 Å². The van der Waals surface area contributed by atoms with Gasteiger partial charge in [-0.15, -0.1) is 0 Å². The summed E-state index contributed by atoms with van der Waals surface area (Å²) in [7, 11) is 1.84. The fourth-order valence-electron chi connectivity index (χ4n) is 2.59. The van der Waals surface area contributed by atoms with Crippen molar-refractivity contribution in [3.8, 4) is 0 Å². The highest BCUT2D eigenvalue weighted by Crippen LogP contribution is 2.27. The predicted molar refractivity (Wildman–Crippen MR) is 80.8 cm³/mol. The largest absolute Gasteiger partial charge is 0.481 e. The highest BCUT2D eigenvalue weighted by Gasteiger charge is 2.34. The van der Waals surface area contributed by atoms with Crippen molar-refractivity contribution < 1.29 is 14.7 Å². The summed E-state index contributed by atoms with van der Waals surface area (Å²) in [6, 6.07) is 7.52. The van der Waals surface area contributed by atoms with E-state index in [1.54, 1.807) is 0 Å². The average molecular weight is 288 g/mol. The maximum Gasteiger partial charge on any atom is 0.307 e. The SMILES string of the molecule is CNCc1ccccc1NC(=O)[C@@H]1CC=CC[C@@H]1C(=O)O. The number of carboxylic acids is 1. The van der Waals surface area contributed by atoms with E-state index in [0.29, 0.717) is 19.4 Å². The molecule has 0 unspecified atom stereocenters. The van der Waals surface area contributed by atoms with Crippen LogP contribution in [0, 0.1) is 11.8 Å². The first-order valence-electron chi connectivity index (χ1n) is 7.04. The Morgan fingerprint density at radius 3 is 2.52 bits per heavy atom. The number of carbonyl (C=O) groups is 2. The van der Waals surface area contributed by atoms with E-state index in [1.807, 2.05) is 43.5 Å². The number of allylic oxidation sites excluding steroid dienone is 2. The van der Waals surface area contributed by atoms with Crippen molar-refractivity contribution in [3.63, 3.8) is 0 Å². The number of amides is 1. The average Bonchev–Trinajstić information content (AvgIpc) is 2.49. The van der Waals surface area contributed by atoms with Gasteiger partial charge in [0.05, 0.1) is 11.8 Å². The molecule has 0 radical (unpaired) electrons. The lowest BCUT2D eigenvalue weighted by Crippen LogP contribution is -2.35. The summed E-state index contributed by atoms with van der Waals surface area (Å²) in [6.45, 7) is 0.642. The highest BCUT2D eigenvalue weighted by atomic mass is 16.4. The second-order valence-corrected chi connectivity index (χ2v) is 5.17. The lowest BCUT2D eigenvalue weighted by atomic mass is 9.82. The van der Waals surface area contributed by atoms with E-state index in [9.17, 15) is 14.7 Å². The molecule has 0 aliphatic heterocycles. The monoisotopic (exact) mass is 288 g/mol. The molecule has 1 amide bonds. The Balaban J connectivity index is 2.14. The molecule has 1 aromatic rings. The van der Waals surface area contributed by atoms with Crippen LogP contribution >= 0.6 is 0 Å². The number of anilines is 1. The Labute approximate surface area is 124 Å². The quantitative estimate of drug-likeness (QED) is 0.724. The van der Waals surface area contributed by atoms with E-state index in [-0.39, 0.29) is 5.91 Å². The zero-order valence-electron chi connectivity index (χ0n) is 12.0. The first-order chi connectivity index (χ1) is 10.1. The maximum atomic E-state index is 12.4. The minimum absolute atomic E-state index is 0.227. The molecule has 2 rings (SSSR count). The Bertz CT molecular complexity index is 554. The molecule has 3 N–H and O–H groups in total. The zero-order chi connectivity index (χ0) is 15.2. The molecule has 0 fully saturated rings. The second-order valence-electron chi connectivity index (χ2n) is 5.17. The topological polar surface area (TPSA) is 78.4 Å². The first-order valence-corrected chi connectivity index (χ1v) is 7.04. The number of hydrogen-bond donors (Lipinski definition) is 3. The van der Waals surface area contributed by atoms with Crippen LogP contribution in [0.4, 0.5) is 5.69 Å². The Kier molecular flexibility index (Phi) is 5.11. The smallest absolute Gasteiger partial charge is 0.307 e. The van der Waals surface area contributed by atoms with Gasteiger partial charge in [-0.25, -0.2) is 0 Å². The molecule has 21 heavy (non-hydrogen) atoms. The molecule has 1 aliphatic carbocycles. The van der Waals surface area contributed by atoms with Gasteiger partial charge in [0.15, 0.2) is 0 Å². The molecule has 0 aromatic heterocycles. The number of aliphatic carboxylic acids is 1. The van der Waals surface area contributed by atoms with Crippen LogP contribution in [0.1, 0.15) is 18.4 Å². The molecule has 0 bridgehead atoms. The van der Waals surface area contributed by atoms with Gasteiger partial charge in [-0.05, 0) is 31.5 Å². The van der Waals surface area contributed by atoms with Crippen molar-refractivity contribution in [2.75, 3.05) is 12.4 Å². The molecular formula is C16H20N2O3. The number of nitrogens with one attached hydrogen (secondary N) is 2. The van der Waals surface area contributed by atoms with E-state index in [2.05, 4.69) is 10.6 Å². The van der Waals surface area contributed by atoms with E-state index in [0.717, 1.165) is 11.3 Å². The number of carboxylic acid groups (broad SMARTS) is 1. The van der Waals surface area contributed by atoms with Crippen LogP contribution < -0.4 is 10.6 Å². The van der Waals surface area contributed by atoms with Crippen LogP contribution in [0.25, 0.3) is 0 Å². The Morgan fingerprint density at radius 1 is 1.19 bits per heavy atom. The number of hydrogen-bond acceptors (Lipinski definition) is 3. The summed E-state index contributed by atoms with van der Waals surface area (Å²) < 4.78 is 0. The lowest BCUT2D eigenvalue weighted by Gasteiger charge is -2.24. The highest BCUT2D eigenvalue weighted by molar-refractivity contribution is 5.96. The fraction of sp³-hybridized carbons (Fsp3) is 0.375. The van der Waals surface area contributed by atoms with E-state index >= 15 is 0 Å². The molecule has 1 aliphatic rings. The van der Waals surface area contributed by atoms with Gasteiger partial charge < -0.3 is 15.7 Å². The predicted octanol–water partition coefficient (Wildman–Crippen LogP) is 2.01.